The van der Waals surface area contributed by atoms with Gasteiger partial charge in [-0.25, -0.2) is 0 Å². The molecule has 1 aliphatic heterocycles. The SMILES string of the molecule is CCCCCCCCCN(C)C1CNC1. The quantitative estimate of drug-likeness (QED) is 0.591. The smallest absolute Gasteiger partial charge is 0.0342 e. The van der Waals surface area contributed by atoms with Crippen LogP contribution in [0.3, 0.4) is 0 Å². The van der Waals surface area contributed by atoms with Crippen molar-refractivity contribution in [3.05, 3.63) is 0 Å². The molecule has 0 aromatic heterocycles. The number of likely N-dealkylation sites (N-methyl/N-ethyl adjacent to an activating group) is 1. The maximum absolute atomic E-state index is 3.33. The highest BCUT2D eigenvalue weighted by atomic mass is 15.2. The third kappa shape index (κ3) is 5.53. The molecule has 2 nitrogen and oxygen atoms in total. The minimum absolute atomic E-state index is 0.824. The lowest BCUT2D eigenvalue weighted by molar-refractivity contribution is 0.177. The number of nitrogens with one attached hydrogen (secondary N) is 1. The zero-order valence-corrected chi connectivity index (χ0v) is 10.6. The van der Waals surface area contributed by atoms with Gasteiger partial charge in [-0.1, -0.05) is 45.4 Å². The number of rotatable bonds is 9. The van der Waals surface area contributed by atoms with Gasteiger partial charge in [0.05, 0.1) is 0 Å². The van der Waals surface area contributed by atoms with Gasteiger partial charge in [-0.3, -0.25) is 0 Å². The molecule has 0 aliphatic carbocycles. The average molecular weight is 212 g/mol. The van der Waals surface area contributed by atoms with Crippen molar-refractivity contribution in [1.82, 2.24) is 10.2 Å². The standard InChI is InChI=1S/C13H28N2/c1-3-4-5-6-7-8-9-10-15(2)13-11-14-12-13/h13-14H,3-12H2,1-2H3. The van der Waals surface area contributed by atoms with Crippen LogP contribution in [0.25, 0.3) is 0 Å². The molecule has 15 heavy (non-hydrogen) atoms. The van der Waals surface area contributed by atoms with Crippen molar-refractivity contribution in [2.24, 2.45) is 0 Å². The fraction of sp³-hybridized carbons (Fsp3) is 1.00. The molecule has 0 atom stereocenters. The fourth-order valence-electron chi connectivity index (χ4n) is 2.09. The Labute approximate surface area is 95.4 Å². The van der Waals surface area contributed by atoms with Crippen LogP contribution < -0.4 is 5.32 Å². The zero-order valence-electron chi connectivity index (χ0n) is 10.6. The molecule has 1 aliphatic rings. The molecular weight excluding hydrogens is 184 g/mol. The zero-order chi connectivity index (χ0) is 10.9. The number of unbranched alkanes of at least 4 members (excludes halogenated alkanes) is 6. The first-order chi connectivity index (χ1) is 7.34. The van der Waals surface area contributed by atoms with Gasteiger partial charge in [-0.2, -0.15) is 0 Å². The van der Waals surface area contributed by atoms with E-state index in [0.29, 0.717) is 0 Å². The van der Waals surface area contributed by atoms with Crippen LogP contribution in [-0.2, 0) is 0 Å². The first kappa shape index (κ1) is 13.0. The normalized spacial score (nSPS) is 17.0. The molecule has 0 aromatic carbocycles. The van der Waals surface area contributed by atoms with Crippen LogP contribution in [0.5, 0.6) is 0 Å². The van der Waals surface area contributed by atoms with Crippen molar-refractivity contribution >= 4 is 0 Å². The van der Waals surface area contributed by atoms with E-state index in [2.05, 4.69) is 24.2 Å². The van der Waals surface area contributed by atoms with Gasteiger partial charge in [-0.15, -0.1) is 0 Å². The Morgan fingerprint density at radius 3 is 2.13 bits per heavy atom. The van der Waals surface area contributed by atoms with E-state index in [9.17, 15) is 0 Å². The van der Waals surface area contributed by atoms with Crippen LogP contribution in [-0.4, -0.2) is 37.6 Å². The van der Waals surface area contributed by atoms with E-state index in [-0.39, 0.29) is 0 Å². The highest BCUT2D eigenvalue weighted by molar-refractivity contribution is 4.82. The summed E-state index contributed by atoms with van der Waals surface area (Å²) in [5.74, 6) is 0. The molecule has 1 rings (SSSR count). The minimum atomic E-state index is 0.824. The Morgan fingerprint density at radius 1 is 1.00 bits per heavy atom. The first-order valence-corrected chi connectivity index (χ1v) is 6.75. The van der Waals surface area contributed by atoms with Crippen molar-refractivity contribution < 1.29 is 0 Å². The number of nitrogens with zero attached hydrogens (tertiary/aromatic N) is 1. The largest absolute Gasteiger partial charge is 0.314 e. The van der Waals surface area contributed by atoms with E-state index in [1.807, 2.05) is 0 Å². The van der Waals surface area contributed by atoms with Crippen LogP contribution in [0.4, 0.5) is 0 Å². The second kappa shape index (κ2) is 8.12. The van der Waals surface area contributed by atoms with Crippen LogP contribution in [0, 0.1) is 0 Å². The Kier molecular flexibility index (Phi) is 7.03. The monoisotopic (exact) mass is 212 g/mol. The molecule has 0 spiro atoms. The van der Waals surface area contributed by atoms with Gasteiger partial charge >= 0.3 is 0 Å². The van der Waals surface area contributed by atoms with Gasteiger partial charge in [0.2, 0.25) is 0 Å². The second-order valence-electron chi connectivity index (χ2n) is 4.91. The Morgan fingerprint density at radius 2 is 1.60 bits per heavy atom. The van der Waals surface area contributed by atoms with E-state index in [4.69, 9.17) is 0 Å². The summed E-state index contributed by atoms with van der Waals surface area (Å²) in [7, 11) is 2.27. The molecule has 0 unspecified atom stereocenters. The summed E-state index contributed by atoms with van der Waals surface area (Å²) < 4.78 is 0. The summed E-state index contributed by atoms with van der Waals surface area (Å²) >= 11 is 0. The fourth-order valence-corrected chi connectivity index (χ4v) is 2.09. The Hall–Kier alpha value is -0.0800. The van der Waals surface area contributed by atoms with Gasteiger partial charge < -0.3 is 10.2 Å². The predicted molar refractivity (Wildman–Crippen MR) is 67.3 cm³/mol. The highest BCUT2D eigenvalue weighted by Gasteiger charge is 2.20. The lowest BCUT2D eigenvalue weighted by atomic mass is 10.1. The topological polar surface area (TPSA) is 15.3 Å². The summed E-state index contributed by atoms with van der Waals surface area (Å²) in [5.41, 5.74) is 0. The van der Waals surface area contributed by atoms with Crippen molar-refractivity contribution in [3.63, 3.8) is 0 Å². The van der Waals surface area contributed by atoms with E-state index in [1.54, 1.807) is 0 Å². The molecule has 0 bridgehead atoms. The van der Waals surface area contributed by atoms with Crippen LogP contribution in [0.2, 0.25) is 0 Å². The van der Waals surface area contributed by atoms with Gasteiger partial charge in [0.1, 0.15) is 0 Å². The van der Waals surface area contributed by atoms with E-state index in [1.165, 1.54) is 64.6 Å². The van der Waals surface area contributed by atoms with Gasteiger partial charge in [0.25, 0.3) is 0 Å². The van der Waals surface area contributed by atoms with Gasteiger partial charge in [0, 0.05) is 19.1 Å². The molecule has 90 valence electrons. The van der Waals surface area contributed by atoms with E-state index < -0.39 is 0 Å². The summed E-state index contributed by atoms with van der Waals surface area (Å²) in [5, 5.41) is 3.33. The Balaban J connectivity index is 1.79. The van der Waals surface area contributed by atoms with E-state index >= 15 is 0 Å². The highest BCUT2D eigenvalue weighted by Crippen LogP contribution is 2.09. The predicted octanol–water partition coefficient (Wildman–Crippen LogP) is 2.64. The van der Waals surface area contributed by atoms with Crippen molar-refractivity contribution in [1.29, 1.82) is 0 Å². The van der Waals surface area contributed by atoms with Crippen molar-refractivity contribution in [2.75, 3.05) is 26.7 Å². The number of hydrogen-bond acceptors (Lipinski definition) is 2. The van der Waals surface area contributed by atoms with Crippen molar-refractivity contribution in [3.8, 4) is 0 Å². The molecule has 1 N–H and O–H groups in total. The lowest BCUT2D eigenvalue weighted by Crippen LogP contribution is -2.55. The number of hydrogen-bond donors (Lipinski definition) is 1. The maximum atomic E-state index is 3.33. The first-order valence-electron chi connectivity index (χ1n) is 6.75. The van der Waals surface area contributed by atoms with Crippen LogP contribution in [0.1, 0.15) is 51.9 Å². The summed E-state index contributed by atoms with van der Waals surface area (Å²) in [6.07, 6.45) is 9.93. The minimum Gasteiger partial charge on any atom is -0.314 e. The molecule has 0 radical (unpaired) electrons. The lowest BCUT2D eigenvalue weighted by Gasteiger charge is -2.35. The molecule has 0 aromatic rings. The summed E-state index contributed by atoms with van der Waals surface area (Å²) in [6.45, 7) is 5.97. The third-order valence-electron chi connectivity index (χ3n) is 3.50. The molecule has 1 saturated heterocycles. The third-order valence-corrected chi connectivity index (χ3v) is 3.50. The van der Waals surface area contributed by atoms with Crippen molar-refractivity contribution in [2.45, 2.75) is 57.9 Å². The molecular formula is C13H28N2. The van der Waals surface area contributed by atoms with Gasteiger partial charge in [-0.05, 0) is 20.0 Å². The average Bonchev–Trinajstić information content (AvgIpc) is 2.14. The van der Waals surface area contributed by atoms with Crippen LogP contribution >= 0.6 is 0 Å². The maximum Gasteiger partial charge on any atom is 0.0342 e. The summed E-state index contributed by atoms with van der Waals surface area (Å²) in [4.78, 5) is 2.52. The van der Waals surface area contributed by atoms with Gasteiger partial charge in [0.15, 0.2) is 0 Å². The molecule has 2 heteroatoms. The molecule has 1 fully saturated rings. The second-order valence-corrected chi connectivity index (χ2v) is 4.91. The Bertz CT molecular complexity index is 143. The molecule has 1 heterocycles. The summed E-state index contributed by atoms with van der Waals surface area (Å²) in [6, 6.07) is 0.824. The molecule has 0 amide bonds. The molecule has 0 saturated carbocycles. The van der Waals surface area contributed by atoms with E-state index in [0.717, 1.165) is 6.04 Å². The van der Waals surface area contributed by atoms with Crippen LogP contribution in [0.15, 0.2) is 0 Å².